The summed E-state index contributed by atoms with van der Waals surface area (Å²) in [5.41, 5.74) is 2.08. The van der Waals surface area contributed by atoms with Gasteiger partial charge in [0.2, 0.25) is 0 Å². The van der Waals surface area contributed by atoms with Gasteiger partial charge in [-0.05, 0) is 86.8 Å². The molecule has 0 aliphatic heterocycles. The number of fused-ring (bicyclic) bond motifs is 4. The number of para-hydroxylation sites is 3. The molecule has 0 amide bonds. The summed E-state index contributed by atoms with van der Waals surface area (Å²) in [6, 6.07) is 34.1. The Morgan fingerprint density at radius 3 is 2.06 bits per heavy atom. The van der Waals surface area contributed by atoms with Crippen molar-refractivity contribution in [3.8, 4) is 62.1 Å². The van der Waals surface area contributed by atoms with Gasteiger partial charge in [-0.3, -0.25) is 4.57 Å². The van der Waals surface area contributed by atoms with Crippen molar-refractivity contribution in [3.05, 3.63) is 223 Å². The Kier molecular flexibility index (Phi) is 6.94. The van der Waals surface area contributed by atoms with E-state index < -0.39 is 103 Å². The zero-order chi connectivity index (χ0) is 59.7. The van der Waals surface area contributed by atoms with Gasteiger partial charge in [-0.1, -0.05) is 172 Å². The molecule has 0 saturated carbocycles. The molecule has 0 aliphatic rings. The van der Waals surface area contributed by atoms with Crippen molar-refractivity contribution in [1.29, 1.82) is 0 Å². The maximum atomic E-state index is 9.34. The van der Waals surface area contributed by atoms with E-state index in [1.807, 2.05) is 69.3 Å². The fourth-order valence-corrected chi connectivity index (χ4v) is 8.10. The SMILES string of the molecule is [2H]c1nc(-n2c3[c-]c(Oc4[c-]c(-n5[c-][n+](-c6c(-c7c([2H])c([2H])c([2H])c([2H])c7[2H])cccc6-c6c([2H])c([2H])c([2H])c([2H])c6[2H])c6ccccc65)cc(C(C)(C)C)c4)ccc3c3cc(-c4ccccc4)ccc32)c([2H])c(C([2H])([2H])[2H])c1C([2H])([2H])[2H].[Pt]. The van der Waals surface area contributed by atoms with Gasteiger partial charge in [0, 0.05) is 52.5 Å². The molecule has 3 aromatic heterocycles. The van der Waals surface area contributed by atoms with E-state index in [0.29, 0.717) is 33.0 Å². The van der Waals surface area contributed by atoms with E-state index in [-0.39, 0.29) is 71.8 Å². The molecule has 0 unspecified atom stereocenters. The number of nitrogens with zero attached hydrogens (tertiary/aromatic N) is 4. The molecule has 6 heteroatoms. The van der Waals surface area contributed by atoms with E-state index in [0.717, 1.165) is 16.7 Å². The zero-order valence-corrected chi connectivity index (χ0v) is 37.8. The fraction of sp³-hybridized carbons (Fsp3) is 0.100. The van der Waals surface area contributed by atoms with Crippen LogP contribution in [0.2, 0.25) is 0 Å². The van der Waals surface area contributed by atoms with E-state index in [2.05, 4.69) is 23.4 Å². The number of rotatable bonds is 8. The van der Waals surface area contributed by atoms with Crippen LogP contribution in [0.15, 0.2) is 188 Å². The van der Waals surface area contributed by atoms with Gasteiger partial charge in [-0.25, -0.2) is 4.98 Å². The van der Waals surface area contributed by atoms with Gasteiger partial charge in [-0.2, -0.15) is 17.7 Å². The van der Waals surface area contributed by atoms with Crippen LogP contribution in [0.1, 0.15) is 62.1 Å². The molecule has 8 aromatic carbocycles. The second kappa shape index (κ2) is 17.2. The maximum Gasteiger partial charge on any atom is 0.268 e. The topological polar surface area (TPSA) is 35.9 Å². The first-order valence-corrected chi connectivity index (χ1v) is 20.7. The van der Waals surface area contributed by atoms with Crippen molar-refractivity contribution >= 4 is 32.8 Å². The third-order valence-electron chi connectivity index (χ3n) is 11.2. The molecule has 0 atom stereocenters. The first kappa shape index (κ1) is 26.6. The van der Waals surface area contributed by atoms with E-state index >= 15 is 0 Å². The van der Waals surface area contributed by atoms with Crippen molar-refractivity contribution in [1.82, 2.24) is 14.1 Å². The third-order valence-corrected chi connectivity index (χ3v) is 11.2. The van der Waals surface area contributed by atoms with Crippen molar-refractivity contribution in [2.45, 2.75) is 39.9 Å². The summed E-state index contributed by atoms with van der Waals surface area (Å²) in [5.74, 6) is -0.0172. The second-order valence-electron chi connectivity index (χ2n) is 16.4. The van der Waals surface area contributed by atoms with Crippen molar-refractivity contribution in [2.24, 2.45) is 0 Å². The summed E-state index contributed by atoms with van der Waals surface area (Å²) < 4.78 is 167. The number of ether oxygens (including phenoxy) is 1. The zero-order valence-electron chi connectivity index (χ0n) is 53.5. The second-order valence-corrected chi connectivity index (χ2v) is 16.4. The molecule has 0 bridgehead atoms. The number of aromatic nitrogens is 4. The minimum atomic E-state index is -3.13. The molecular weight excluding hydrogens is 988 g/mol. The molecule has 0 saturated heterocycles. The van der Waals surface area contributed by atoms with E-state index in [1.54, 1.807) is 57.7 Å². The molecule has 11 rings (SSSR count). The van der Waals surface area contributed by atoms with E-state index in [9.17, 15) is 1.37 Å². The quantitative estimate of drug-likeness (QED) is 0.112. The van der Waals surface area contributed by atoms with E-state index in [4.69, 9.17) is 28.0 Å². The van der Waals surface area contributed by atoms with Crippen LogP contribution in [0.5, 0.6) is 11.5 Å². The predicted octanol–water partition coefficient (Wildman–Crippen LogP) is 14.5. The summed E-state index contributed by atoms with van der Waals surface area (Å²) >= 11 is 0. The number of benzene rings is 8. The molecule has 0 N–H and O–H groups in total. The summed E-state index contributed by atoms with van der Waals surface area (Å²) in [5, 5.41) is 1.22. The van der Waals surface area contributed by atoms with E-state index in [1.165, 1.54) is 22.8 Å². The number of hydrogen-bond donors (Lipinski definition) is 0. The summed E-state index contributed by atoms with van der Waals surface area (Å²) in [6.45, 7) is -0.230. The average molecular weight is 1050 g/mol. The molecule has 3 heterocycles. The Labute approximate surface area is 425 Å². The molecule has 0 spiro atoms. The van der Waals surface area contributed by atoms with Gasteiger partial charge < -0.3 is 13.9 Å². The summed E-state index contributed by atoms with van der Waals surface area (Å²) in [6.07, 6.45) is 2.58. The first-order chi connectivity index (χ1) is 39.1. The Balaban J connectivity index is 0.00000786. The summed E-state index contributed by atoms with van der Waals surface area (Å²) in [4.78, 5) is 4.34. The maximum absolute atomic E-state index is 9.34. The van der Waals surface area contributed by atoms with Gasteiger partial charge in [0.1, 0.15) is 5.82 Å². The van der Waals surface area contributed by atoms with Gasteiger partial charge in [0.25, 0.3) is 6.33 Å². The van der Waals surface area contributed by atoms with Gasteiger partial charge in [-0.15, -0.1) is 29.7 Å². The van der Waals surface area contributed by atoms with Crippen molar-refractivity contribution < 1.29 is 55.0 Å². The largest absolute Gasteiger partial charge is 0.510 e. The van der Waals surface area contributed by atoms with Gasteiger partial charge in [0.05, 0.1) is 33.2 Å². The molecular formula is C60H46N4OPt-2. The van der Waals surface area contributed by atoms with Crippen LogP contribution in [0.3, 0.4) is 0 Å². The first-order valence-electron chi connectivity index (χ1n) is 29.7. The van der Waals surface area contributed by atoms with Crippen LogP contribution in [0.4, 0.5) is 0 Å². The van der Waals surface area contributed by atoms with Crippen LogP contribution in [-0.2, 0) is 26.5 Å². The van der Waals surface area contributed by atoms with Crippen LogP contribution < -0.4 is 9.30 Å². The smallest absolute Gasteiger partial charge is 0.268 e. The molecule has 0 radical (unpaired) electrons. The summed E-state index contributed by atoms with van der Waals surface area (Å²) in [7, 11) is 0. The molecule has 0 aliphatic carbocycles. The van der Waals surface area contributed by atoms with Crippen molar-refractivity contribution in [2.75, 3.05) is 0 Å². The molecule has 66 heavy (non-hydrogen) atoms. The van der Waals surface area contributed by atoms with Crippen LogP contribution >= 0.6 is 0 Å². The predicted molar refractivity (Wildman–Crippen MR) is 264 cm³/mol. The monoisotopic (exact) mass is 1050 g/mol. The third kappa shape index (κ3) is 7.74. The Morgan fingerprint density at radius 2 is 1.35 bits per heavy atom. The normalized spacial score (nSPS) is 15.9. The Bertz CT molecular complexity index is 4380. The van der Waals surface area contributed by atoms with Crippen LogP contribution in [-0.4, -0.2) is 14.1 Å². The molecule has 324 valence electrons. The minimum absolute atomic E-state index is 0. The fourth-order valence-electron chi connectivity index (χ4n) is 8.10. The molecule has 0 fully saturated rings. The Morgan fingerprint density at radius 1 is 0.636 bits per heavy atom. The number of hydrogen-bond acceptors (Lipinski definition) is 2. The van der Waals surface area contributed by atoms with Gasteiger partial charge >= 0.3 is 0 Å². The molecule has 5 nitrogen and oxygen atoms in total. The van der Waals surface area contributed by atoms with Crippen molar-refractivity contribution in [3.63, 3.8) is 0 Å². The van der Waals surface area contributed by atoms with Gasteiger partial charge in [0.15, 0.2) is 0 Å². The molecule has 11 aromatic rings. The number of pyridine rings is 1. The van der Waals surface area contributed by atoms with Crippen LogP contribution in [0, 0.1) is 32.2 Å². The Hall–Kier alpha value is -7.33. The minimum Gasteiger partial charge on any atom is -0.510 e. The average Bonchev–Trinajstić information content (AvgIpc) is 2.03. The number of imidazole rings is 1. The van der Waals surface area contributed by atoms with Crippen LogP contribution in [0.25, 0.3) is 83.4 Å². The standard InChI is InChI=1S/C60H46N4O.Pt/c1-40-32-58(61-38-41(40)2)64-54-31-28-45(42-18-9-6-10-19-42)33-53(54)52-30-29-48(37-57(52)64)65-49-35-46(60(3,4)5)34-47(36-49)62-39-63(56-27-16-15-26-55(56)62)59-50(43-20-11-7-12-21-43)24-17-25-51(59)44-22-13-8-14-23-44;/h6-35,38H,1-5H3;/q-2;/i1D3,2D3,7D,8D,11D,12D,13D,14D,20D,21D,22D,23D,32D,38D;.